The van der Waals surface area contributed by atoms with Crippen LogP contribution < -0.4 is 5.32 Å². The second kappa shape index (κ2) is 5.80. The van der Waals surface area contributed by atoms with E-state index in [0.717, 1.165) is 40.7 Å². The van der Waals surface area contributed by atoms with E-state index in [-0.39, 0.29) is 6.04 Å². The Balaban J connectivity index is 2.31. The molecule has 0 aromatic carbocycles. The Kier molecular flexibility index (Phi) is 4.32. The minimum Gasteiger partial charge on any atom is -0.467 e. The van der Waals surface area contributed by atoms with Gasteiger partial charge < -0.3 is 9.73 Å². The number of nitrogens with zero attached hydrogens (tertiary/aromatic N) is 2. The van der Waals surface area contributed by atoms with Crippen molar-refractivity contribution in [2.75, 3.05) is 7.05 Å². The van der Waals surface area contributed by atoms with Gasteiger partial charge in [0.15, 0.2) is 0 Å². The minimum absolute atomic E-state index is 0.105. The van der Waals surface area contributed by atoms with Crippen LogP contribution in [-0.4, -0.2) is 16.8 Å². The van der Waals surface area contributed by atoms with E-state index in [1.165, 1.54) is 0 Å². The molecule has 0 bridgehead atoms. The molecule has 0 spiro atoms. The standard InChI is InChI=1S/C14H20ClN3O/c1-5-18-12(13(15)10(3)17-18)8-11(16-4)14-9(2)6-7-19-14/h6-7,11,16H,5,8H2,1-4H3. The molecule has 19 heavy (non-hydrogen) atoms. The highest BCUT2D eigenvalue weighted by atomic mass is 35.5. The normalized spacial score (nSPS) is 12.9. The van der Waals surface area contributed by atoms with Gasteiger partial charge in [-0.15, -0.1) is 0 Å². The summed E-state index contributed by atoms with van der Waals surface area (Å²) in [5.74, 6) is 0.958. The third kappa shape index (κ3) is 2.69. The second-order valence-corrected chi connectivity index (χ2v) is 5.05. The highest BCUT2D eigenvalue weighted by Gasteiger charge is 2.21. The molecule has 1 unspecified atom stereocenters. The number of aromatic nitrogens is 2. The summed E-state index contributed by atoms with van der Waals surface area (Å²) in [5, 5.41) is 8.49. The fourth-order valence-corrected chi connectivity index (χ4v) is 2.54. The molecule has 1 N–H and O–H groups in total. The zero-order chi connectivity index (χ0) is 14.0. The number of hydrogen-bond donors (Lipinski definition) is 1. The highest BCUT2D eigenvalue weighted by Crippen LogP contribution is 2.27. The van der Waals surface area contributed by atoms with Crippen LogP contribution in [0.2, 0.25) is 5.02 Å². The number of furan rings is 1. The maximum absolute atomic E-state index is 6.35. The summed E-state index contributed by atoms with van der Waals surface area (Å²) in [6, 6.07) is 2.08. The average Bonchev–Trinajstić information content (AvgIpc) is 2.93. The van der Waals surface area contributed by atoms with Gasteiger partial charge in [-0.3, -0.25) is 4.68 Å². The minimum atomic E-state index is 0.105. The Morgan fingerprint density at radius 1 is 1.47 bits per heavy atom. The van der Waals surface area contributed by atoms with E-state index in [9.17, 15) is 0 Å². The van der Waals surface area contributed by atoms with Crippen LogP contribution in [-0.2, 0) is 13.0 Å². The van der Waals surface area contributed by atoms with E-state index in [1.54, 1.807) is 6.26 Å². The Hall–Kier alpha value is -1.26. The lowest BCUT2D eigenvalue weighted by Gasteiger charge is -2.16. The second-order valence-electron chi connectivity index (χ2n) is 4.68. The number of aryl methyl sites for hydroxylation is 3. The zero-order valence-corrected chi connectivity index (χ0v) is 12.6. The molecule has 0 amide bonds. The van der Waals surface area contributed by atoms with Gasteiger partial charge in [0.05, 0.1) is 28.7 Å². The summed E-state index contributed by atoms with van der Waals surface area (Å²) in [6.07, 6.45) is 2.48. The molecule has 2 rings (SSSR count). The van der Waals surface area contributed by atoms with Crippen molar-refractivity contribution in [3.63, 3.8) is 0 Å². The summed E-state index contributed by atoms with van der Waals surface area (Å²) < 4.78 is 7.53. The van der Waals surface area contributed by atoms with Crippen molar-refractivity contribution in [1.29, 1.82) is 0 Å². The van der Waals surface area contributed by atoms with Gasteiger partial charge in [-0.05, 0) is 39.4 Å². The van der Waals surface area contributed by atoms with Crippen molar-refractivity contribution in [3.05, 3.63) is 40.1 Å². The van der Waals surface area contributed by atoms with Crippen molar-refractivity contribution in [1.82, 2.24) is 15.1 Å². The number of likely N-dealkylation sites (N-methyl/N-ethyl adjacent to an activating group) is 1. The molecule has 2 aromatic heterocycles. The van der Waals surface area contributed by atoms with Crippen LogP contribution >= 0.6 is 11.6 Å². The lowest BCUT2D eigenvalue weighted by atomic mass is 10.1. The first-order chi connectivity index (χ1) is 9.08. The van der Waals surface area contributed by atoms with Crippen LogP contribution in [0.25, 0.3) is 0 Å². The van der Waals surface area contributed by atoms with Gasteiger partial charge >= 0.3 is 0 Å². The molecular weight excluding hydrogens is 262 g/mol. The predicted molar refractivity (Wildman–Crippen MR) is 76.6 cm³/mol. The highest BCUT2D eigenvalue weighted by molar-refractivity contribution is 6.31. The molecule has 0 aliphatic rings. The smallest absolute Gasteiger partial charge is 0.123 e. The van der Waals surface area contributed by atoms with Crippen molar-refractivity contribution >= 4 is 11.6 Å². The maximum atomic E-state index is 6.35. The van der Waals surface area contributed by atoms with Gasteiger partial charge in [-0.1, -0.05) is 11.6 Å². The molecule has 0 aliphatic heterocycles. The lowest BCUT2D eigenvalue weighted by Crippen LogP contribution is -2.21. The van der Waals surface area contributed by atoms with E-state index in [0.29, 0.717) is 0 Å². The zero-order valence-electron chi connectivity index (χ0n) is 11.8. The summed E-state index contributed by atoms with van der Waals surface area (Å²) >= 11 is 6.35. The summed E-state index contributed by atoms with van der Waals surface area (Å²) in [7, 11) is 1.93. The maximum Gasteiger partial charge on any atom is 0.123 e. The van der Waals surface area contributed by atoms with Crippen LogP contribution in [0.5, 0.6) is 0 Å². The molecule has 0 saturated carbocycles. The molecule has 4 nitrogen and oxygen atoms in total. The first-order valence-corrected chi connectivity index (χ1v) is 6.89. The average molecular weight is 282 g/mol. The third-order valence-corrected chi connectivity index (χ3v) is 3.91. The van der Waals surface area contributed by atoms with Gasteiger partial charge in [0.2, 0.25) is 0 Å². The van der Waals surface area contributed by atoms with Crippen LogP contribution in [0.4, 0.5) is 0 Å². The van der Waals surface area contributed by atoms with Gasteiger partial charge in [0, 0.05) is 13.0 Å². The topological polar surface area (TPSA) is 43.0 Å². The fourth-order valence-electron chi connectivity index (χ4n) is 2.32. The predicted octanol–water partition coefficient (Wildman–Crippen LogP) is 3.27. The van der Waals surface area contributed by atoms with E-state index in [4.69, 9.17) is 16.0 Å². The number of nitrogens with one attached hydrogen (secondary N) is 1. The SMILES string of the molecule is CCn1nc(C)c(Cl)c1CC(NC)c1occc1C. The molecular formula is C14H20ClN3O. The molecule has 0 radical (unpaired) electrons. The molecule has 0 saturated heterocycles. The van der Waals surface area contributed by atoms with Gasteiger partial charge in [-0.25, -0.2) is 0 Å². The number of hydrogen-bond acceptors (Lipinski definition) is 3. The van der Waals surface area contributed by atoms with Crippen LogP contribution in [0.3, 0.4) is 0 Å². The van der Waals surface area contributed by atoms with Gasteiger partial charge in [0.25, 0.3) is 0 Å². The van der Waals surface area contributed by atoms with E-state index >= 15 is 0 Å². The van der Waals surface area contributed by atoms with Crippen molar-refractivity contribution in [3.8, 4) is 0 Å². The number of rotatable bonds is 5. The fraction of sp³-hybridized carbons (Fsp3) is 0.500. The quantitative estimate of drug-likeness (QED) is 0.915. The van der Waals surface area contributed by atoms with Crippen LogP contribution in [0.1, 0.15) is 35.7 Å². The summed E-state index contributed by atoms with van der Waals surface area (Å²) in [4.78, 5) is 0. The Morgan fingerprint density at radius 3 is 2.74 bits per heavy atom. The Labute approximate surface area is 118 Å². The van der Waals surface area contributed by atoms with Crippen molar-refractivity contribution in [2.24, 2.45) is 0 Å². The van der Waals surface area contributed by atoms with Gasteiger partial charge in [-0.2, -0.15) is 5.10 Å². The molecule has 104 valence electrons. The number of halogens is 1. The Morgan fingerprint density at radius 2 is 2.21 bits per heavy atom. The van der Waals surface area contributed by atoms with E-state index in [1.807, 2.05) is 31.6 Å². The molecule has 1 atom stereocenters. The van der Waals surface area contributed by atoms with Crippen molar-refractivity contribution < 1.29 is 4.42 Å². The van der Waals surface area contributed by atoms with E-state index in [2.05, 4.69) is 17.3 Å². The third-order valence-electron chi connectivity index (χ3n) is 3.42. The van der Waals surface area contributed by atoms with E-state index < -0.39 is 0 Å². The van der Waals surface area contributed by atoms with Crippen LogP contribution in [0, 0.1) is 13.8 Å². The lowest BCUT2D eigenvalue weighted by molar-refractivity contribution is 0.418. The molecule has 5 heteroatoms. The molecule has 0 fully saturated rings. The molecule has 0 aliphatic carbocycles. The first kappa shape index (κ1) is 14.2. The monoisotopic (exact) mass is 281 g/mol. The summed E-state index contributed by atoms with van der Waals surface area (Å²) in [5.41, 5.74) is 3.08. The molecule has 2 aromatic rings. The Bertz CT molecular complexity index is 559. The van der Waals surface area contributed by atoms with Crippen LogP contribution in [0.15, 0.2) is 16.7 Å². The molecule has 2 heterocycles. The largest absolute Gasteiger partial charge is 0.467 e. The van der Waals surface area contributed by atoms with Gasteiger partial charge in [0.1, 0.15) is 5.76 Å². The van der Waals surface area contributed by atoms with Crippen molar-refractivity contribution in [2.45, 2.75) is 39.8 Å². The first-order valence-electron chi connectivity index (χ1n) is 6.51. The summed E-state index contributed by atoms with van der Waals surface area (Å²) in [6.45, 7) is 6.87.